The largest absolute Gasteiger partial charge is 0.467 e. The van der Waals surface area contributed by atoms with Crippen LogP contribution in [0.3, 0.4) is 0 Å². The van der Waals surface area contributed by atoms with E-state index >= 15 is 0 Å². The Hall–Kier alpha value is -3.81. The highest BCUT2D eigenvalue weighted by atomic mass is 19.1. The Kier molecular flexibility index (Phi) is 7.61. The van der Waals surface area contributed by atoms with Crippen LogP contribution in [0, 0.1) is 5.82 Å². The first-order valence-corrected chi connectivity index (χ1v) is 11.0. The van der Waals surface area contributed by atoms with E-state index in [9.17, 15) is 14.0 Å². The van der Waals surface area contributed by atoms with Gasteiger partial charge in [0.05, 0.1) is 19.4 Å². The van der Waals surface area contributed by atoms with Crippen molar-refractivity contribution in [1.82, 2.24) is 10.2 Å². The second kappa shape index (κ2) is 10.4. The third-order valence-corrected chi connectivity index (χ3v) is 4.96. The summed E-state index contributed by atoms with van der Waals surface area (Å²) in [6.45, 7) is 6.32. The molecule has 1 aromatic heterocycles. The number of hydrogen-bond acceptors (Lipinski definition) is 4. The Labute approximate surface area is 199 Å². The van der Waals surface area contributed by atoms with Crippen LogP contribution in [0.25, 0.3) is 0 Å². The van der Waals surface area contributed by atoms with Crippen LogP contribution in [0.1, 0.15) is 42.5 Å². The van der Waals surface area contributed by atoms with Crippen molar-refractivity contribution in [2.24, 2.45) is 0 Å². The number of hydrogen-bond donors (Lipinski definition) is 2. The predicted octanol–water partition coefficient (Wildman–Crippen LogP) is 5.25. The molecule has 2 N–H and O–H groups in total. The molecule has 34 heavy (non-hydrogen) atoms. The lowest BCUT2D eigenvalue weighted by Gasteiger charge is -2.29. The molecule has 3 rings (SSSR count). The van der Waals surface area contributed by atoms with Gasteiger partial charge in [-0.2, -0.15) is 0 Å². The third kappa shape index (κ3) is 6.84. The summed E-state index contributed by atoms with van der Waals surface area (Å²) in [5, 5.41) is 5.82. The molecule has 0 atom stereocenters. The fourth-order valence-electron chi connectivity index (χ4n) is 3.45. The summed E-state index contributed by atoms with van der Waals surface area (Å²) in [6.07, 6.45) is 1.57. The molecular weight excluding hydrogens is 435 g/mol. The van der Waals surface area contributed by atoms with Crippen molar-refractivity contribution >= 4 is 23.3 Å². The number of anilines is 2. The average molecular weight is 467 g/mol. The molecule has 0 unspecified atom stereocenters. The molecule has 0 spiro atoms. The molecule has 0 saturated carbocycles. The average Bonchev–Trinajstić information content (AvgIpc) is 3.25. The smallest absolute Gasteiger partial charge is 0.318 e. The lowest BCUT2D eigenvalue weighted by Crippen LogP contribution is -2.48. The van der Waals surface area contributed by atoms with Crippen molar-refractivity contribution in [3.63, 3.8) is 0 Å². The number of halogens is 1. The Bertz CT molecular complexity index is 1140. The predicted molar refractivity (Wildman–Crippen MR) is 131 cm³/mol. The third-order valence-electron chi connectivity index (χ3n) is 4.96. The molecule has 180 valence electrons. The summed E-state index contributed by atoms with van der Waals surface area (Å²) in [6, 6.07) is 14.4. The molecule has 0 aliphatic rings. The van der Waals surface area contributed by atoms with Gasteiger partial charge in [-0.15, -0.1) is 0 Å². The molecule has 0 radical (unpaired) electrons. The second-order valence-corrected chi connectivity index (χ2v) is 9.32. The van der Waals surface area contributed by atoms with Crippen LogP contribution >= 0.6 is 0 Å². The molecule has 0 fully saturated rings. The van der Waals surface area contributed by atoms with Crippen molar-refractivity contribution in [3.8, 4) is 0 Å². The van der Waals surface area contributed by atoms with E-state index in [1.807, 2.05) is 58.0 Å². The number of carbonyl (C=O) groups excluding carboxylic acids is 2. The first-order valence-electron chi connectivity index (χ1n) is 11.0. The van der Waals surface area contributed by atoms with Crippen molar-refractivity contribution in [1.29, 1.82) is 0 Å². The van der Waals surface area contributed by atoms with Crippen LogP contribution in [-0.4, -0.2) is 36.5 Å². The Balaban J connectivity index is 1.89. The summed E-state index contributed by atoms with van der Waals surface area (Å²) in [5.74, 6) is -0.235. The Morgan fingerprint density at radius 2 is 1.76 bits per heavy atom. The molecule has 0 bridgehead atoms. The first-order chi connectivity index (χ1) is 16.0. The molecule has 3 aromatic rings. The number of carbonyl (C=O) groups is 2. The zero-order valence-electron chi connectivity index (χ0n) is 20.2. The maximum Gasteiger partial charge on any atom is 0.318 e. The molecule has 0 saturated heterocycles. The van der Waals surface area contributed by atoms with Crippen LogP contribution in [0.15, 0.2) is 65.3 Å². The maximum atomic E-state index is 13.5. The van der Waals surface area contributed by atoms with Gasteiger partial charge in [0.2, 0.25) is 0 Å². The van der Waals surface area contributed by atoms with Gasteiger partial charge >= 0.3 is 6.03 Å². The standard InChI is InChI=1S/C26H31FN4O3/c1-26(2,3)29-25(33)31(17-22-10-7-13-34-22)16-19-15-21(11-12-23(19)30(4)5)28-24(32)18-8-6-9-20(27)14-18/h6-15H,16-17H2,1-5H3,(H,28,32)(H,29,33). The zero-order chi connectivity index (χ0) is 24.9. The summed E-state index contributed by atoms with van der Waals surface area (Å²) in [7, 11) is 3.83. The van der Waals surface area contributed by atoms with Gasteiger partial charge in [-0.25, -0.2) is 9.18 Å². The number of benzene rings is 2. The number of amides is 3. The summed E-state index contributed by atoms with van der Waals surface area (Å²) >= 11 is 0. The molecule has 3 amide bonds. The summed E-state index contributed by atoms with van der Waals surface area (Å²) in [4.78, 5) is 29.3. The maximum absolute atomic E-state index is 13.5. The molecule has 8 heteroatoms. The monoisotopic (exact) mass is 466 g/mol. The van der Waals surface area contributed by atoms with E-state index < -0.39 is 17.3 Å². The SMILES string of the molecule is CN(C)c1ccc(NC(=O)c2cccc(F)c2)cc1CN(Cc1ccco1)C(=O)NC(C)(C)C. The Morgan fingerprint density at radius 1 is 1.00 bits per heavy atom. The fourth-order valence-corrected chi connectivity index (χ4v) is 3.45. The minimum atomic E-state index is -0.477. The number of furan rings is 1. The molecule has 7 nitrogen and oxygen atoms in total. The highest BCUT2D eigenvalue weighted by molar-refractivity contribution is 6.04. The minimum absolute atomic E-state index is 0.224. The quantitative estimate of drug-likeness (QED) is 0.499. The van der Waals surface area contributed by atoms with Crippen molar-refractivity contribution < 1.29 is 18.4 Å². The number of nitrogens with one attached hydrogen (secondary N) is 2. The molecule has 2 aromatic carbocycles. The van der Waals surface area contributed by atoms with E-state index in [-0.39, 0.29) is 24.7 Å². The highest BCUT2D eigenvalue weighted by Crippen LogP contribution is 2.26. The summed E-state index contributed by atoms with van der Waals surface area (Å²) in [5.41, 5.74) is 2.09. The van der Waals surface area contributed by atoms with Crippen molar-refractivity contribution in [2.75, 3.05) is 24.3 Å². The van der Waals surface area contributed by atoms with Gasteiger partial charge < -0.3 is 24.9 Å². The zero-order valence-corrected chi connectivity index (χ0v) is 20.2. The van der Waals surface area contributed by atoms with Crippen LogP contribution in [0.5, 0.6) is 0 Å². The summed E-state index contributed by atoms with van der Waals surface area (Å²) < 4.78 is 19.0. The van der Waals surface area contributed by atoms with Crippen LogP contribution < -0.4 is 15.5 Å². The van der Waals surface area contributed by atoms with Gasteiger partial charge in [-0.3, -0.25) is 4.79 Å². The van der Waals surface area contributed by atoms with Crippen LogP contribution in [0.4, 0.5) is 20.6 Å². The normalized spacial score (nSPS) is 11.1. The molecule has 0 aliphatic carbocycles. The topological polar surface area (TPSA) is 77.8 Å². The van der Waals surface area contributed by atoms with Gasteiger partial charge in [-0.1, -0.05) is 6.07 Å². The van der Waals surface area contributed by atoms with Crippen molar-refractivity contribution in [3.05, 3.63) is 83.6 Å². The van der Waals surface area contributed by atoms with E-state index in [2.05, 4.69) is 10.6 Å². The number of urea groups is 1. The molecule has 1 heterocycles. The van der Waals surface area contributed by atoms with E-state index in [4.69, 9.17) is 4.42 Å². The van der Waals surface area contributed by atoms with E-state index in [1.165, 1.54) is 18.2 Å². The highest BCUT2D eigenvalue weighted by Gasteiger charge is 2.22. The lowest BCUT2D eigenvalue weighted by molar-refractivity contribution is 0.102. The van der Waals surface area contributed by atoms with Crippen LogP contribution in [0.2, 0.25) is 0 Å². The van der Waals surface area contributed by atoms with Crippen LogP contribution in [-0.2, 0) is 13.1 Å². The van der Waals surface area contributed by atoms with Gasteiger partial charge in [0.15, 0.2) is 0 Å². The first kappa shape index (κ1) is 24.8. The second-order valence-electron chi connectivity index (χ2n) is 9.32. The fraction of sp³-hybridized carbons (Fsp3) is 0.308. The van der Waals surface area contributed by atoms with E-state index in [0.29, 0.717) is 11.4 Å². The number of nitrogens with zero attached hydrogens (tertiary/aromatic N) is 2. The van der Waals surface area contributed by atoms with Gasteiger partial charge in [-0.05, 0) is 74.9 Å². The van der Waals surface area contributed by atoms with Gasteiger partial charge in [0.1, 0.15) is 11.6 Å². The molecule has 0 aliphatic heterocycles. The minimum Gasteiger partial charge on any atom is -0.467 e. The van der Waals surface area contributed by atoms with E-state index in [1.54, 1.807) is 29.4 Å². The van der Waals surface area contributed by atoms with Gasteiger partial charge in [0, 0.05) is 36.6 Å². The number of rotatable bonds is 7. The van der Waals surface area contributed by atoms with E-state index in [0.717, 1.165) is 11.3 Å². The Morgan fingerprint density at radius 3 is 2.38 bits per heavy atom. The lowest BCUT2D eigenvalue weighted by atomic mass is 10.1. The van der Waals surface area contributed by atoms with Gasteiger partial charge in [0.25, 0.3) is 5.91 Å². The molecular formula is C26H31FN4O3. The van der Waals surface area contributed by atoms with Crippen molar-refractivity contribution in [2.45, 2.75) is 39.4 Å².